The lowest BCUT2D eigenvalue weighted by molar-refractivity contribution is 0.0559. The number of carbonyl (C=O) groups is 1. The zero-order valence-electron chi connectivity index (χ0n) is 14.4. The van der Waals surface area contributed by atoms with Crippen molar-refractivity contribution in [3.8, 4) is 17.1 Å². The Morgan fingerprint density at radius 3 is 2.56 bits per heavy atom. The Bertz CT molecular complexity index is 979. The molecule has 0 N–H and O–H groups in total. The Morgan fingerprint density at radius 1 is 1.15 bits per heavy atom. The molecule has 4 rings (SSSR count). The van der Waals surface area contributed by atoms with Gasteiger partial charge in [0, 0.05) is 13.1 Å². The molecule has 6 nitrogen and oxygen atoms in total. The molecule has 0 unspecified atom stereocenters. The molecule has 1 amide bonds. The molecule has 0 bridgehead atoms. The molecule has 3 aromatic rings. The normalized spacial score (nSPS) is 14.1. The van der Waals surface area contributed by atoms with Gasteiger partial charge in [-0.3, -0.25) is 4.79 Å². The largest absolute Gasteiger partial charge is 0.496 e. The maximum Gasteiger partial charge on any atom is 0.259 e. The number of hydrogen-bond acceptors (Lipinski definition) is 5. The van der Waals surface area contributed by atoms with E-state index in [-0.39, 0.29) is 19.0 Å². The molecular weight excluding hydrogens is 356 g/mol. The van der Waals surface area contributed by atoms with Crippen LogP contribution in [-0.4, -0.2) is 41.1 Å². The van der Waals surface area contributed by atoms with Crippen LogP contribution in [0.1, 0.15) is 22.2 Å². The summed E-state index contributed by atoms with van der Waals surface area (Å²) < 4.78 is 38.1. The van der Waals surface area contributed by atoms with Gasteiger partial charge in [0.1, 0.15) is 22.9 Å². The van der Waals surface area contributed by atoms with E-state index in [1.807, 2.05) is 18.2 Å². The Hall–Kier alpha value is -3.29. The summed E-state index contributed by atoms with van der Waals surface area (Å²) in [6.07, 6.45) is 0. The Balaban J connectivity index is 1.48. The van der Waals surface area contributed by atoms with Gasteiger partial charge in [-0.2, -0.15) is 4.98 Å². The molecule has 1 aliphatic heterocycles. The third kappa shape index (κ3) is 3.03. The molecule has 1 aromatic heterocycles. The maximum atomic E-state index is 13.8. The molecule has 2 aromatic carbocycles. The third-order valence-electron chi connectivity index (χ3n) is 4.48. The summed E-state index contributed by atoms with van der Waals surface area (Å²) in [6.45, 7) is 0.500. The quantitative estimate of drug-likeness (QED) is 0.704. The van der Waals surface area contributed by atoms with Crippen molar-refractivity contribution in [3.63, 3.8) is 0 Å². The first-order valence-corrected chi connectivity index (χ1v) is 8.28. The monoisotopic (exact) mass is 371 g/mol. The molecule has 1 saturated heterocycles. The van der Waals surface area contributed by atoms with E-state index in [1.54, 1.807) is 13.2 Å². The first kappa shape index (κ1) is 17.1. The van der Waals surface area contributed by atoms with Crippen LogP contribution in [0.5, 0.6) is 5.75 Å². The summed E-state index contributed by atoms with van der Waals surface area (Å²) in [5, 5.41) is 3.96. The number of ether oxygens (including phenoxy) is 1. The van der Waals surface area contributed by atoms with Crippen molar-refractivity contribution in [1.82, 2.24) is 15.0 Å². The van der Waals surface area contributed by atoms with Crippen LogP contribution in [0.2, 0.25) is 0 Å². The molecule has 0 saturated carbocycles. The Kier molecular flexibility index (Phi) is 4.31. The lowest BCUT2D eigenvalue weighted by Crippen LogP contribution is -2.49. The van der Waals surface area contributed by atoms with Crippen molar-refractivity contribution in [1.29, 1.82) is 0 Å². The minimum atomic E-state index is -0.875. The molecule has 0 atom stereocenters. The number of methoxy groups -OCH3 is 1. The van der Waals surface area contributed by atoms with Gasteiger partial charge in [-0.15, -0.1) is 0 Å². The number of benzene rings is 2. The number of hydrogen-bond donors (Lipinski definition) is 0. The highest BCUT2D eigenvalue weighted by molar-refractivity contribution is 5.95. The number of likely N-dealkylation sites (tertiary alicyclic amines) is 1. The maximum absolute atomic E-state index is 13.8. The van der Waals surface area contributed by atoms with Gasteiger partial charge >= 0.3 is 0 Å². The van der Waals surface area contributed by atoms with Crippen LogP contribution in [0.25, 0.3) is 11.4 Å². The first-order chi connectivity index (χ1) is 13.1. The number of nitrogens with zero attached hydrogens (tertiary/aromatic N) is 3. The molecule has 1 aliphatic rings. The minimum Gasteiger partial charge on any atom is -0.496 e. The molecule has 0 radical (unpaired) electrons. The lowest BCUT2D eigenvalue weighted by atomic mass is 9.98. The van der Waals surface area contributed by atoms with Gasteiger partial charge in [0.15, 0.2) is 0 Å². The average molecular weight is 371 g/mol. The van der Waals surface area contributed by atoms with E-state index in [9.17, 15) is 13.6 Å². The predicted molar refractivity (Wildman–Crippen MR) is 91.3 cm³/mol. The smallest absolute Gasteiger partial charge is 0.259 e. The van der Waals surface area contributed by atoms with Crippen molar-refractivity contribution in [2.75, 3.05) is 20.2 Å². The highest BCUT2D eigenvalue weighted by Crippen LogP contribution is 2.32. The number of carbonyl (C=O) groups excluding carboxylic acids is 1. The Morgan fingerprint density at radius 2 is 1.85 bits per heavy atom. The van der Waals surface area contributed by atoms with Gasteiger partial charge in [0.2, 0.25) is 11.7 Å². The number of halogens is 2. The fourth-order valence-corrected chi connectivity index (χ4v) is 3.00. The second-order valence-electron chi connectivity index (χ2n) is 6.16. The number of para-hydroxylation sites is 1. The van der Waals surface area contributed by atoms with E-state index in [1.165, 1.54) is 11.0 Å². The second-order valence-corrected chi connectivity index (χ2v) is 6.16. The summed E-state index contributed by atoms with van der Waals surface area (Å²) >= 11 is 0. The zero-order valence-corrected chi connectivity index (χ0v) is 14.4. The van der Waals surface area contributed by atoms with Crippen LogP contribution >= 0.6 is 0 Å². The van der Waals surface area contributed by atoms with Crippen molar-refractivity contribution >= 4 is 5.91 Å². The van der Waals surface area contributed by atoms with Crippen LogP contribution in [0.3, 0.4) is 0 Å². The summed E-state index contributed by atoms with van der Waals surface area (Å²) in [7, 11) is 1.55. The summed E-state index contributed by atoms with van der Waals surface area (Å²) in [5.41, 5.74) is 0.145. The third-order valence-corrected chi connectivity index (χ3v) is 4.48. The number of rotatable bonds is 4. The highest BCUT2D eigenvalue weighted by atomic mass is 19.1. The SMILES string of the molecule is COc1ccccc1-c1noc(C2CN(C(=O)c3c(F)cccc3F)C2)n1. The molecule has 1 fully saturated rings. The fourth-order valence-electron chi connectivity index (χ4n) is 3.00. The van der Waals surface area contributed by atoms with Gasteiger partial charge in [-0.05, 0) is 24.3 Å². The number of aromatic nitrogens is 2. The summed E-state index contributed by atoms with van der Waals surface area (Å²) in [5.74, 6) is -1.25. The summed E-state index contributed by atoms with van der Waals surface area (Å²) in [6, 6.07) is 10.6. The van der Waals surface area contributed by atoms with Gasteiger partial charge in [-0.1, -0.05) is 23.4 Å². The van der Waals surface area contributed by atoms with E-state index >= 15 is 0 Å². The van der Waals surface area contributed by atoms with Crippen molar-refractivity contribution < 1.29 is 22.8 Å². The predicted octanol–water partition coefficient (Wildman–Crippen LogP) is 3.26. The highest BCUT2D eigenvalue weighted by Gasteiger charge is 2.37. The fraction of sp³-hybridized carbons (Fsp3) is 0.211. The van der Waals surface area contributed by atoms with Crippen molar-refractivity contribution in [2.24, 2.45) is 0 Å². The second kappa shape index (κ2) is 6.79. The van der Waals surface area contributed by atoms with E-state index in [0.29, 0.717) is 23.0 Å². The first-order valence-electron chi connectivity index (χ1n) is 8.28. The minimum absolute atomic E-state index is 0.181. The van der Waals surface area contributed by atoms with Crippen LogP contribution in [0, 0.1) is 11.6 Å². The topological polar surface area (TPSA) is 68.5 Å². The van der Waals surface area contributed by atoms with Crippen molar-refractivity contribution in [3.05, 3.63) is 65.6 Å². The lowest BCUT2D eigenvalue weighted by Gasteiger charge is -2.37. The molecule has 8 heteroatoms. The van der Waals surface area contributed by atoms with Gasteiger partial charge in [0.05, 0.1) is 18.6 Å². The molecule has 2 heterocycles. The van der Waals surface area contributed by atoms with Crippen LogP contribution in [0.4, 0.5) is 8.78 Å². The molecule has 0 spiro atoms. The molecule has 138 valence electrons. The van der Waals surface area contributed by atoms with Gasteiger partial charge < -0.3 is 14.2 Å². The summed E-state index contributed by atoms with van der Waals surface area (Å²) in [4.78, 5) is 18.0. The van der Waals surface area contributed by atoms with E-state index in [0.717, 1.165) is 12.1 Å². The van der Waals surface area contributed by atoms with Gasteiger partial charge in [-0.25, -0.2) is 8.78 Å². The van der Waals surface area contributed by atoms with Crippen LogP contribution in [0.15, 0.2) is 47.0 Å². The molecule has 0 aliphatic carbocycles. The van der Waals surface area contributed by atoms with E-state index in [4.69, 9.17) is 9.26 Å². The Labute approximate surface area is 153 Å². The zero-order chi connectivity index (χ0) is 19.0. The van der Waals surface area contributed by atoms with E-state index in [2.05, 4.69) is 10.1 Å². The number of amides is 1. The average Bonchev–Trinajstić information content (AvgIpc) is 3.09. The molecule has 27 heavy (non-hydrogen) atoms. The molecular formula is C19H15F2N3O3. The van der Waals surface area contributed by atoms with Crippen molar-refractivity contribution in [2.45, 2.75) is 5.92 Å². The standard InChI is InChI=1S/C19H15F2N3O3/c1-26-15-8-3-2-5-12(15)17-22-18(27-23-17)11-9-24(10-11)19(25)16-13(20)6-4-7-14(16)21/h2-8,11H,9-10H2,1H3. The van der Waals surface area contributed by atoms with Crippen LogP contribution < -0.4 is 4.74 Å². The van der Waals surface area contributed by atoms with Crippen LogP contribution in [-0.2, 0) is 0 Å². The van der Waals surface area contributed by atoms with E-state index < -0.39 is 23.1 Å². The van der Waals surface area contributed by atoms with Gasteiger partial charge in [0.25, 0.3) is 5.91 Å².